The number of aliphatic imine (C=N–C) groups is 1. The number of hydrogen-bond acceptors (Lipinski definition) is 6. The Labute approximate surface area is 178 Å². The van der Waals surface area contributed by atoms with Gasteiger partial charge in [0.05, 0.1) is 23.5 Å². The summed E-state index contributed by atoms with van der Waals surface area (Å²) in [5.41, 5.74) is 0.249. The van der Waals surface area contributed by atoms with Crippen LogP contribution in [-0.4, -0.2) is 39.8 Å². The number of esters is 1. The smallest absolute Gasteiger partial charge is 0.315 e. The Morgan fingerprint density at radius 1 is 1.30 bits per heavy atom. The van der Waals surface area contributed by atoms with Crippen LogP contribution >= 0.6 is 0 Å². The third-order valence-electron chi connectivity index (χ3n) is 5.56. The lowest BCUT2D eigenvalue weighted by atomic mass is 9.72. The van der Waals surface area contributed by atoms with Gasteiger partial charge in [0.15, 0.2) is 0 Å². The fraction of sp³-hybridized carbons (Fsp3) is 0.455. The zero-order valence-electron chi connectivity index (χ0n) is 17.5. The van der Waals surface area contributed by atoms with Gasteiger partial charge < -0.3 is 9.64 Å². The van der Waals surface area contributed by atoms with E-state index in [1.807, 2.05) is 30.2 Å². The van der Waals surface area contributed by atoms with Crippen molar-refractivity contribution in [3.8, 4) is 0 Å². The first-order valence-electron chi connectivity index (χ1n) is 10.3. The third-order valence-corrected chi connectivity index (χ3v) is 7.10. The molecule has 0 atom stereocenters. The lowest BCUT2D eigenvalue weighted by Crippen LogP contribution is -2.43. The van der Waals surface area contributed by atoms with E-state index in [4.69, 9.17) is 4.74 Å². The Morgan fingerprint density at radius 3 is 2.57 bits per heavy atom. The predicted octanol–water partition coefficient (Wildman–Crippen LogP) is 3.40. The predicted molar refractivity (Wildman–Crippen MR) is 118 cm³/mol. The molecule has 7 nitrogen and oxygen atoms in total. The lowest BCUT2D eigenvalue weighted by Gasteiger charge is -2.36. The van der Waals surface area contributed by atoms with Crippen molar-refractivity contribution in [2.45, 2.75) is 50.5 Å². The molecule has 0 amide bonds. The molecule has 0 radical (unpaired) electrons. The monoisotopic (exact) mass is 431 g/mol. The van der Waals surface area contributed by atoms with Crippen LogP contribution in [0.5, 0.6) is 0 Å². The maximum Gasteiger partial charge on any atom is 0.315 e. The fourth-order valence-electron chi connectivity index (χ4n) is 3.95. The normalized spacial score (nSPS) is 24.3. The zero-order chi connectivity index (χ0) is 21.6. The summed E-state index contributed by atoms with van der Waals surface area (Å²) in [6.07, 6.45) is 11.4. The lowest BCUT2D eigenvalue weighted by molar-refractivity contribution is -0.154. The van der Waals surface area contributed by atoms with Gasteiger partial charge in [-0.2, -0.15) is 0 Å². The minimum Gasteiger partial charge on any atom is -0.465 e. The molecule has 2 aliphatic rings. The molecule has 3 rings (SSSR count). The van der Waals surface area contributed by atoms with Crippen molar-refractivity contribution in [1.29, 1.82) is 0 Å². The van der Waals surface area contributed by atoms with Gasteiger partial charge in [0.25, 0.3) is 0 Å². The van der Waals surface area contributed by atoms with E-state index in [2.05, 4.69) is 9.71 Å². The number of nitrogens with one attached hydrogen (secondary N) is 1. The minimum atomic E-state index is -3.63. The number of rotatable bonds is 7. The van der Waals surface area contributed by atoms with E-state index in [-0.39, 0.29) is 16.9 Å². The Bertz CT molecular complexity index is 928. The molecule has 0 saturated heterocycles. The van der Waals surface area contributed by atoms with Crippen molar-refractivity contribution in [1.82, 2.24) is 4.72 Å². The number of benzene rings is 1. The molecule has 1 N–H and O–H groups in total. The van der Waals surface area contributed by atoms with Gasteiger partial charge in [0.1, 0.15) is 0 Å². The summed E-state index contributed by atoms with van der Waals surface area (Å²) in [5, 5.41) is 0. The molecular formula is C22H29N3O4S. The van der Waals surface area contributed by atoms with Crippen LogP contribution in [0.25, 0.3) is 0 Å². The van der Waals surface area contributed by atoms with Crippen LogP contribution in [-0.2, 0) is 19.6 Å². The molecule has 8 heteroatoms. The molecule has 1 aromatic carbocycles. The van der Waals surface area contributed by atoms with Gasteiger partial charge >= 0.3 is 5.97 Å². The average molecular weight is 432 g/mol. The van der Waals surface area contributed by atoms with Gasteiger partial charge in [0.2, 0.25) is 10.0 Å². The van der Waals surface area contributed by atoms with Crippen LogP contribution in [0.2, 0.25) is 0 Å². The van der Waals surface area contributed by atoms with Crippen LogP contribution in [0.15, 0.2) is 58.7 Å². The van der Waals surface area contributed by atoms with Crippen LogP contribution in [0.4, 0.5) is 5.69 Å². The molecule has 1 saturated carbocycles. The van der Waals surface area contributed by atoms with Crippen molar-refractivity contribution in [3.05, 3.63) is 48.8 Å². The van der Waals surface area contributed by atoms with Gasteiger partial charge in [-0.3, -0.25) is 9.79 Å². The van der Waals surface area contributed by atoms with E-state index in [0.29, 0.717) is 38.8 Å². The van der Waals surface area contributed by atoms with Gasteiger partial charge in [0, 0.05) is 30.3 Å². The second-order valence-electron chi connectivity index (χ2n) is 7.55. The van der Waals surface area contributed by atoms with Gasteiger partial charge in [-0.05, 0) is 63.8 Å². The number of carbonyl (C=O) groups is 1. The average Bonchev–Trinajstić information content (AvgIpc) is 2.76. The van der Waals surface area contributed by atoms with Gasteiger partial charge in [-0.25, -0.2) is 13.1 Å². The summed E-state index contributed by atoms with van der Waals surface area (Å²) >= 11 is 0. The first-order chi connectivity index (χ1) is 14.4. The zero-order valence-corrected chi connectivity index (χ0v) is 18.3. The Morgan fingerprint density at radius 2 is 2.00 bits per heavy atom. The van der Waals surface area contributed by atoms with E-state index < -0.39 is 15.4 Å². The summed E-state index contributed by atoms with van der Waals surface area (Å²) in [6.45, 7) is 4.66. The van der Waals surface area contributed by atoms with Crippen molar-refractivity contribution in [3.63, 3.8) is 0 Å². The number of sulfonamides is 1. The third kappa shape index (κ3) is 4.99. The largest absolute Gasteiger partial charge is 0.465 e. The second kappa shape index (κ2) is 9.57. The van der Waals surface area contributed by atoms with Crippen LogP contribution < -0.4 is 9.62 Å². The van der Waals surface area contributed by atoms with E-state index in [1.54, 1.807) is 43.6 Å². The van der Waals surface area contributed by atoms with Crippen molar-refractivity contribution in [2.24, 2.45) is 10.4 Å². The van der Waals surface area contributed by atoms with Crippen LogP contribution in [0.1, 0.15) is 39.5 Å². The van der Waals surface area contributed by atoms with E-state index in [0.717, 1.165) is 5.69 Å². The maximum absolute atomic E-state index is 12.8. The molecular weight excluding hydrogens is 402 g/mol. The Kier molecular flexibility index (Phi) is 7.10. The van der Waals surface area contributed by atoms with E-state index >= 15 is 0 Å². The Balaban J connectivity index is 1.64. The fourth-order valence-corrected chi connectivity index (χ4v) is 5.26. The standard InChI is InChI=1S/C22H29N3O4S/c1-3-11-22(21(26)29-4-2)12-9-18(10-13-22)24-30(27,28)20-7-5-19(6-8-20)25-16-14-23-15-17-25/h3,5-8,11,14-16,18,24H,4,9-10,12-13,17H2,1-2H3/b11-3+. The van der Waals surface area contributed by atoms with Gasteiger partial charge in [-0.15, -0.1) is 0 Å². The highest BCUT2D eigenvalue weighted by molar-refractivity contribution is 7.89. The maximum atomic E-state index is 12.8. The van der Waals surface area contributed by atoms with Crippen LogP contribution in [0.3, 0.4) is 0 Å². The number of hydrogen-bond donors (Lipinski definition) is 1. The van der Waals surface area contributed by atoms with E-state index in [9.17, 15) is 13.2 Å². The molecule has 1 aliphatic carbocycles. The quantitative estimate of drug-likeness (QED) is 0.528. The summed E-state index contributed by atoms with van der Waals surface area (Å²) in [5.74, 6) is -0.225. The molecule has 1 heterocycles. The number of anilines is 1. The number of carbonyl (C=O) groups excluding carboxylic acids is 1. The molecule has 0 aromatic heterocycles. The van der Waals surface area contributed by atoms with Crippen molar-refractivity contribution in [2.75, 3.05) is 18.1 Å². The van der Waals surface area contributed by atoms with Crippen LogP contribution in [0, 0.1) is 5.41 Å². The highest BCUT2D eigenvalue weighted by atomic mass is 32.2. The first-order valence-corrected chi connectivity index (χ1v) is 11.8. The highest BCUT2D eigenvalue weighted by Gasteiger charge is 2.41. The Hall–Kier alpha value is -2.45. The van der Waals surface area contributed by atoms with Crippen molar-refractivity contribution < 1.29 is 17.9 Å². The molecule has 0 spiro atoms. The van der Waals surface area contributed by atoms with Crippen molar-refractivity contribution >= 4 is 27.9 Å². The summed E-state index contributed by atoms with van der Waals surface area (Å²) in [7, 11) is -3.63. The summed E-state index contributed by atoms with van der Waals surface area (Å²) in [6, 6.07) is 6.60. The SMILES string of the molecule is C/C=C/C1(C(=O)OCC)CCC(NS(=O)(=O)c2ccc(N3C=CN=CC3)cc2)CC1. The molecule has 0 bridgehead atoms. The summed E-state index contributed by atoms with van der Waals surface area (Å²) < 4.78 is 33.8. The number of allylic oxidation sites excluding steroid dienone is 1. The molecule has 30 heavy (non-hydrogen) atoms. The topological polar surface area (TPSA) is 88.1 Å². The highest BCUT2D eigenvalue weighted by Crippen LogP contribution is 2.39. The minimum absolute atomic E-state index is 0.205. The molecule has 1 aliphatic heterocycles. The number of nitrogens with zero attached hydrogens (tertiary/aromatic N) is 2. The second-order valence-corrected chi connectivity index (χ2v) is 9.26. The number of ether oxygens (including phenoxy) is 1. The molecule has 1 aromatic rings. The summed E-state index contributed by atoms with van der Waals surface area (Å²) in [4.78, 5) is 18.7. The van der Waals surface area contributed by atoms with Gasteiger partial charge in [-0.1, -0.05) is 12.2 Å². The first kappa shape index (κ1) is 22.2. The van der Waals surface area contributed by atoms with E-state index in [1.165, 1.54) is 0 Å². The molecule has 0 unspecified atom stereocenters. The molecule has 162 valence electrons. The molecule has 1 fully saturated rings.